The summed E-state index contributed by atoms with van der Waals surface area (Å²) in [6.45, 7) is 3.46. The molecule has 0 saturated carbocycles. The SMILES string of the molecule is Cc1ccccc1SCC(=O)O[C@@H](C)C(=O)Nc1ccc(C#N)c(Cl)c1. The predicted octanol–water partition coefficient (Wildman–Crippen LogP) is 4.18. The van der Waals surface area contributed by atoms with Crippen molar-refractivity contribution >= 4 is 40.9 Å². The van der Waals surface area contributed by atoms with E-state index in [0.717, 1.165) is 10.5 Å². The number of esters is 1. The highest BCUT2D eigenvalue weighted by molar-refractivity contribution is 8.00. The van der Waals surface area contributed by atoms with Crippen molar-refractivity contribution in [2.75, 3.05) is 11.1 Å². The molecule has 26 heavy (non-hydrogen) atoms. The third kappa shape index (κ3) is 5.51. The van der Waals surface area contributed by atoms with Crippen LogP contribution < -0.4 is 5.32 Å². The van der Waals surface area contributed by atoms with Gasteiger partial charge in [0, 0.05) is 10.6 Å². The molecule has 0 spiro atoms. The smallest absolute Gasteiger partial charge is 0.317 e. The zero-order valence-electron chi connectivity index (χ0n) is 14.3. The Balaban J connectivity index is 1.86. The average Bonchev–Trinajstić information content (AvgIpc) is 2.61. The van der Waals surface area contributed by atoms with E-state index < -0.39 is 18.0 Å². The molecule has 1 N–H and O–H groups in total. The van der Waals surface area contributed by atoms with Crippen molar-refractivity contribution in [2.24, 2.45) is 0 Å². The van der Waals surface area contributed by atoms with Crippen LogP contribution in [0.5, 0.6) is 0 Å². The maximum Gasteiger partial charge on any atom is 0.317 e. The Hall–Kier alpha value is -2.49. The monoisotopic (exact) mass is 388 g/mol. The lowest BCUT2D eigenvalue weighted by atomic mass is 10.2. The molecule has 7 heteroatoms. The fourth-order valence-electron chi connectivity index (χ4n) is 2.07. The molecule has 0 bridgehead atoms. The standard InChI is InChI=1S/C19H17ClN2O3S/c1-12-5-3-4-6-17(12)26-11-18(23)25-13(2)19(24)22-15-8-7-14(10-21)16(20)9-15/h3-9,13H,11H2,1-2H3,(H,22,24)/t13-/m0/s1. The third-order valence-corrected chi connectivity index (χ3v) is 4.94. The molecule has 2 rings (SSSR count). The van der Waals surface area contributed by atoms with E-state index in [9.17, 15) is 9.59 Å². The second-order valence-corrected chi connectivity index (χ2v) is 6.91. The maximum absolute atomic E-state index is 12.1. The quantitative estimate of drug-likeness (QED) is 0.593. The summed E-state index contributed by atoms with van der Waals surface area (Å²) in [6, 6.07) is 14.2. The molecule has 0 aliphatic heterocycles. The summed E-state index contributed by atoms with van der Waals surface area (Å²) in [5.41, 5.74) is 1.82. The third-order valence-electron chi connectivity index (χ3n) is 3.47. The Morgan fingerprint density at radius 2 is 2.04 bits per heavy atom. The normalized spacial score (nSPS) is 11.3. The van der Waals surface area contributed by atoms with Gasteiger partial charge < -0.3 is 10.1 Å². The number of nitriles is 1. The number of nitrogens with zero attached hydrogens (tertiary/aromatic N) is 1. The number of hydrogen-bond acceptors (Lipinski definition) is 5. The predicted molar refractivity (Wildman–Crippen MR) is 102 cm³/mol. The number of halogens is 1. The fraction of sp³-hybridized carbons (Fsp3) is 0.211. The lowest BCUT2D eigenvalue weighted by Crippen LogP contribution is -2.30. The summed E-state index contributed by atoms with van der Waals surface area (Å²) in [4.78, 5) is 25.1. The Bertz CT molecular complexity index is 864. The van der Waals surface area contributed by atoms with Crippen LogP contribution in [0.1, 0.15) is 18.1 Å². The molecule has 134 valence electrons. The summed E-state index contributed by atoms with van der Waals surface area (Å²) >= 11 is 7.29. The van der Waals surface area contributed by atoms with Crippen LogP contribution in [-0.4, -0.2) is 23.7 Å². The van der Waals surface area contributed by atoms with Gasteiger partial charge in [0.2, 0.25) is 0 Å². The van der Waals surface area contributed by atoms with Crippen LogP contribution in [0.3, 0.4) is 0 Å². The molecule has 5 nitrogen and oxygen atoms in total. The Kier molecular flexibility index (Phi) is 7.07. The summed E-state index contributed by atoms with van der Waals surface area (Å²) < 4.78 is 5.16. The van der Waals surface area contributed by atoms with Crippen LogP contribution >= 0.6 is 23.4 Å². The van der Waals surface area contributed by atoms with E-state index >= 15 is 0 Å². The highest BCUT2D eigenvalue weighted by Gasteiger charge is 2.18. The van der Waals surface area contributed by atoms with Crippen molar-refractivity contribution in [3.63, 3.8) is 0 Å². The molecular weight excluding hydrogens is 372 g/mol. The van der Waals surface area contributed by atoms with Crippen molar-refractivity contribution in [1.29, 1.82) is 5.26 Å². The second-order valence-electron chi connectivity index (χ2n) is 5.48. The molecule has 2 aromatic carbocycles. The molecule has 0 heterocycles. The summed E-state index contributed by atoms with van der Waals surface area (Å²) in [5.74, 6) is -0.829. The van der Waals surface area contributed by atoms with Crippen molar-refractivity contribution in [3.05, 3.63) is 58.6 Å². The molecule has 0 aliphatic carbocycles. The number of ether oxygens (including phenoxy) is 1. The summed E-state index contributed by atoms with van der Waals surface area (Å²) in [6.07, 6.45) is -0.950. The van der Waals surface area contributed by atoms with Gasteiger partial charge in [0.1, 0.15) is 6.07 Å². The Morgan fingerprint density at radius 1 is 1.31 bits per heavy atom. The zero-order valence-corrected chi connectivity index (χ0v) is 15.9. The van der Waals surface area contributed by atoms with Crippen LogP contribution in [0.25, 0.3) is 0 Å². The number of carbonyl (C=O) groups excluding carboxylic acids is 2. The molecule has 1 amide bonds. The number of benzene rings is 2. The van der Waals surface area contributed by atoms with E-state index in [1.165, 1.54) is 30.8 Å². The number of anilines is 1. The highest BCUT2D eigenvalue weighted by Crippen LogP contribution is 2.22. The zero-order chi connectivity index (χ0) is 19.1. The highest BCUT2D eigenvalue weighted by atomic mass is 35.5. The van der Waals surface area contributed by atoms with E-state index in [1.807, 2.05) is 37.3 Å². The molecule has 0 fully saturated rings. The van der Waals surface area contributed by atoms with Crippen molar-refractivity contribution < 1.29 is 14.3 Å². The number of carbonyl (C=O) groups is 2. The van der Waals surface area contributed by atoms with Gasteiger partial charge in [0.15, 0.2) is 6.10 Å². The van der Waals surface area contributed by atoms with Gasteiger partial charge in [-0.3, -0.25) is 9.59 Å². The second kappa shape index (κ2) is 9.27. The van der Waals surface area contributed by atoms with E-state index in [1.54, 1.807) is 6.07 Å². The number of rotatable bonds is 6. The van der Waals surface area contributed by atoms with Gasteiger partial charge in [-0.2, -0.15) is 5.26 Å². The van der Waals surface area contributed by atoms with E-state index in [-0.39, 0.29) is 10.8 Å². The first-order valence-electron chi connectivity index (χ1n) is 7.79. The van der Waals surface area contributed by atoms with Crippen LogP contribution in [0.15, 0.2) is 47.4 Å². The molecule has 1 atom stereocenters. The minimum atomic E-state index is -0.950. The number of aryl methyl sites for hydroxylation is 1. The largest absolute Gasteiger partial charge is 0.452 e. The Labute approximate surface area is 161 Å². The van der Waals surface area contributed by atoms with E-state index in [0.29, 0.717) is 11.3 Å². The van der Waals surface area contributed by atoms with Crippen molar-refractivity contribution in [3.8, 4) is 6.07 Å². The minimum Gasteiger partial charge on any atom is -0.452 e. The van der Waals surface area contributed by atoms with Crippen LogP contribution in [-0.2, 0) is 14.3 Å². The van der Waals surface area contributed by atoms with Crippen molar-refractivity contribution in [1.82, 2.24) is 0 Å². The lowest BCUT2D eigenvalue weighted by Gasteiger charge is -2.14. The molecule has 0 aromatic heterocycles. The topological polar surface area (TPSA) is 79.2 Å². The van der Waals surface area contributed by atoms with Gasteiger partial charge in [0.25, 0.3) is 5.91 Å². The van der Waals surface area contributed by atoms with Gasteiger partial charge in [0.05, 0.1) is 16.3 Å². The molecular formula is C19H17ClN2O3S. The van der Waals surface area contributed by atoms with Crippen LogP contribution in [0, 0.1) is 18.3 Å². The molecule has 0 unspecified atom stereocenters. The first kappa shape index (κ1) is 19.8. The number of nitrogens with one attached hydrogen (secondary N) is 1. The maximum atomic E-state index is 12.1. The first-order valence-corrected chi connectivity index (χ1v) is 9.15. The van der Waals surface area contributed by atoms with Crippen LogP contribution in [0.4, 0.5) is 5.69 Å². The number of hydrogen-bond donors (Lipinski definition) is 1. The van der Waals surface area contributed by atoms with Crippen molar-refractivity contribution in [2.45, 2.75) is 24.8 Å². The lowest BCUT2D eigenvalue weighted by molar-refractivity contribution is -0.150. The molecule has 0 saturated heterocycles. The average molecular weight is 389 g/mol. The number of amides is 1. The van der Waals surface area contributed by atoms with E-state index in [2.05, 4.69) is 5.32 Å². The number of thioether (sulfide) groups is 1. The minimum absolute atomic E-state index is 0.116. The summed E-state index contributed by atoms with van der Waals surface area (Å²) in [7, 11) is 0. The summed E-state index contributed by atoms with van der Waals surface area (Å²) in [5, 5.41) is 11.7. The van der Waals surface area contributed by atoms with Gasteiger partial charge in [-0.15, -0.1) is 11.8 Å². The molecule has 0 aliphatic rings. The molecule has 0 radical (unpaired) electrons. The Morgan fingerprint density at radius 3 is 2.69 bits per heavy atom. The van der Waals surface area contributed by atoms with E-state index in [4.69, 9.17) is 21.6 Å². The fourth-order valence-corrected chi connectivity index (χ4v) is 3.10. The van der Waals surface area contributed by atoms with Gasteiger partial charge in [-0.1, -0.05) is 29.8 Å². The molecule has 2 aromatic rings. The first-order chi connectivity index (χ1) is 12.4. The van der Waals surface area contributed by atoms with Gasteiger partial charge in [-0.25, -0.2) is 0 Å². The van der Waals surface area contributed by atoms with Gasteiger partial charge in [-0.05, 0) is 43.7 Å². The van der Waals surface area contributed by atoms with Crippen LogP contribution in [0.2, 0.25) is 5.02 Å². The van der Waals surface area contributed by atoms with Gasteiger partial charge >= 0.3 is 5.97 Å².